The van der Waals surface area contributed by atoms with Crippen LogP contribution in [0.5, 0.6) is 29.1 Å². The molecule has 13 heteroatoms. The lowest BCUT2D eigenvalue weighted by atomic mass is 9.99. The van der Waals surface area contributed by atoms with Crippen molar-refractivity contribution in [2.24, 2.45) is 0 Å². The largest absolute Gasteiger partial charge is 0.503 e. The number of carbonyl (C=O) groups is 2. The second-order valence-electron chi connectivity index (χ2n) is 10.6. The smallest absolute Gasteiger partial charge is 0.341 e. The summed E-state index contributed by atoms with van der Waals surface area (Å²) in [5.41, 5.74) is 3.13. The lowest BCUT2D eigenvalue weighted by molar-refractivity contribution is -0.134. The van der Waals surface area contributed by atoms with E-state index >= 15 is 0 Å². The third-order valence-corrected chi connectivity index (χ3v) is 7.66. The van der Waals surface area contributed by atoms with Crippen LogP contribution >= 0.6 is 15.9 Å². The molecule has 1 N–H and O–H groups in total. The fourth-order valence-corrected chi connectivity index (χ4v) is 4.84. The Hall–Kier alpha value is -6.21. The van der Waals surface area contributed by atoms with E-state index in [9.17, 15) is 14.7 Å². The second kappa shape index (κ2) is 19.3. The first-order chi connectivity index (χ1) is 25.1. The average molecular weight is 771 g/mol. The molecular formula is C39H36BrN3O9. The van der Waals surface area contributed by atoms with Crippen molar-refractivity contribution in [3.05, 3.63) is 142 Å². The molecule has 0 aliphatic heterocycles. The monoisotopic (exact) mass is 769 g/mol. The molecule has 12 nitrogen and oxygen atoms in total. The van der Waals surface area contributed by atoms with Gasteiger partial charge < -0.3 is 33.5 Å². The number of nitrogens with zero attached hydrogens (tertiary/aromatic N) is 3. The van der Waals surface area contributed by atoms with E-state index in [1.807, 2.05) is 49.4 Å². The number of esters is 1. The minimum absolute atomic E-state index is 0.121. The molecule has 0 amide bonds. The minimum atomic E-state index is -1.04. The standard InChI is InChI=1S/C22H20N2O5.C17H16BrNO4/c1-15-8-4-6-10-18(15)28-20-12-21(24-14-23-20)29-19-11-7-5-9-16(19)17(13-26-2)22(25)27-3;1-11(22-2)16(17(20)21)14-6-4-3-5-12(14)10-23-15-8-7-13(18)9-19-15/h4-14H,1-3H3;3-9H,10H2,1-2H3,(H,20,21)/b17-13+;16-11+. The van der Waals surface area contributed by atoms with Crippen LogP contribution in [0.2, 0.25) is 0 Å². The van der Waals surface area contributed by atoms with E-state index in [0.29, 0.717) is 40.1 Å². The Balaban J connectivity index is 0.000000239. The zero-order valence-corrected chi connectivity index (χ0v) is 30.6. The number of aliphatic carboxylic acids is 1. The highest BCUT2D eigenvalue weighted by atomic mass is 79.9. The van der Waals surface area contributed by atoms with Crippen molar-refractivity contribution >= 4 is 39.0 Å². The average Bonchev–Trinajstić information content (AvgIpc) is 3.15. The number of para-hydroxylation sites is 2. The van der Waals surface area contributed by atoms with Crippen LogP contribution in [0, 0.1) is 6.92 Å². The van der Waals surface area contributed by atoms with Crippen molar-refractivity contribution in [1.82, 2.24) is 15.0 Å². The molecule has 0 bridgehead atoms. The molecule has 5 aromatic rings. The SMILES string of the molecule is CO/C(C)=C(/C(=O)O)c1ccccc1COc1ccc(Br)cn1.CO/C=C(/C(=O)OC)c1ccccc1Oc1cc(Oc2ccccc2C)ncn1. The quantitative estimate of drug-likeness (QED) is 0.0696. The molecule has 0 fully saturated rings. The highest BCUT2D eigenvalue weighted by molar-refractivity contribution is 9.10. The Morgan fingerprint density at radius 3 is 2.02 bits per heavy atom. The number of ether oxygens (including phenoxy) is 6. The molecule has 0 spiro atoms. The summed E-state index contributed by atoms with van der Waals surface area (Å²) in [5.74, 6) is 0.905. The number of halogens is 1. The van der Waals surface area contributed by atoms with E-state index in [1.54, 1.807) is 61.7 Å². The van der Waals surface area contributed by atoms with Crippen LogP contribution in [0.1, 0.15) is 29.2 Å². The third kappa shape index (κ3) is 10.6. The predicted octanol–water partition coefficient (Wildman–Crippen LogP) is 8.42. The summed E-state index contributed by atoms with van der Waals surface area (Å²) in [5, 5.41) is 9.47. The Kier molecular flexibility index (Phi) is 14.3. The number of carbonyl (C=O) groups excluding carboxylic acids is 1. The molecule has 0 aliphatic carbocycles. The fourth-order valence-electron chi connectivity index (χ4n) is 4.61. The van der Waals surface area contributed by atoms with Gasteiger partial charge >= 0.3 is 11.9 Å². The maximum atomic E-state index is 12.1. The fraction of sp³-hybridized carbons (Fsp3) is 0.154. The Morgan fingerprint density at radius 2 is 1.40 bits per heavy atom. The summed E-state index contributed by atoms with van der Waals surface area (Å²) >= 11 is 3.31. The zero-order chi connectivity index (χ0) is 37.5. The second-order valence-corrected chi connectivity index (χ2v) is 11.5. The zero-order valence-electron chi connectivity index (χ0n) is 29.0. The van der Waals surface area contributed by atoms with Gasteiger partial charge in [-0.2, -0.15) is 0 Å². The number of methoxy groups -OCH3 is 3. The highest BCUT2D eigenvalue weighted by Gasteiger charge is 2.20. The van der Waals surface area contributed by atoms with Gasteiger partial charge in [-0.25, -0.2) is 24.5 Å². The Labute approximate surface area is 309 Å². The van der Waals surface area contributed by atoms with Crippen LogP contribution < -0.4 is 14.2 Å². The number of aryl methyl sites for hydroxylation is 1. The van der Waals surface area contributed by atoms with Gasteiger partial charge in [0.25, 0.3) is 0 Å². The number of aromatic nitrogens is 3. The molecule has 268 valence electrons. The van der Waals surface area contributed by atoms with E-state index in [4.69, 9.17) is 28.4 Å². The minimum Gasteiger partial charge on any atom is -0.503 e. The van der Waals surface area contributed by atoms with E-state index in [2.05, 4.69) is 30.9 Å². The number of allylic oxidation sites excluding steroid dienone is 1. The molecule has 0 aliphatic rings. The van der Waals surface area contributed by atoms with Gasteiger partial charge in [-0.05, 0) is 64.7 Å². The number of rotatable bonds is 13. The summed E-state index contributed by atoms with van der Waals surface area (Å²) in [4.78, 5) is 36.1. The summed E-state index contributed by atoms with van der Waals surface area (Å²) in [6.45, 7) is 3.77. The lowest BCUT2D eigenvalue weighted by Crippen LogP contribution is -2.08. The first-order valence-electron chi connectivity index (χ1n) is 15.6. The van der Waals surface area contributed by atoms with Crippen LogP contribution in [0.4, 0.5) is 0 Å². The molecule has 0 saturated carbocycles. The molecule has 5 rings (SSSR count). The molecule has 2 heterocycles. The molecule has 0 unspecified atom stereocenters. The molecule has 0 atom stereocenters. The van der Waals surface area contributed by atoms with E-state index in [0.717, 1.165) is 15.6 Å². The molecular weight excluding hydrogens is 734 g/mol. The van der Waals surface area contributed by atoms with Gasteiger partial charge in [0, 0.05) is 22.3 Å². The number of hydrogen-bond acceptors (Lipinski definition) is 11. The number of carboxylic acid groups (broad SMARTS) is 1. The van der Waals surface area contributed by atoms with Crippen LogP contribution in [-0.4, -0.2) is 53.3 Å². The van der Waals surface area contributed by atoms with Crippen molar-refractivity contribution in [3.63, 3.8) is 0 Å². The van der Waals surface area contributed by atoms with Crippen molar-refractivity contribution in [2.45, 2.75) is 20.5 Å². The van der Waals surface area contributed by atoms with Crippen LogP contribution in [0.15, 0.2) is 120 Å². The van der Waals surface area contributed by atoms with Crippen molar-refractivity contribution in [3.8, 4) is 29.1 Å². The number of pyridine rings is 1. The van der Waals surface area contributed by atoms with E-state index in [-0.39, 0.29) is 23.6 Å². The molecule has 0 radical (unpaired) electrons. The Bertz CT molecular complexity index is 2050. The van der Waals surface area contributed by atoms with Crippen molar-refractivity contribution < 1.29 is 43.1 Å². The molecule has 3 aromatic carbocycles. The first kappa shape index (κ1) is 38.6. The normalized spacial score (nSPS) is 11.2. The van der Waals surface area contributed by atoms with Crippen molar-refractivity contribution in [1.29, 1.82) is 0 Å². The predicted molar refractivity (Wildman–Crippen MR) is 197 cm³/mol. The number of benzene rings is 3. The first-order valence-corrected chi connectivity index (χ1v) is 16.4. The summed E-state index contributed by atoms with van der Waals surface area (Å²) in [6.07, 6.45) is 4.29. The lowest BCUT2D eigenvalue weighted by Gasteiger charge is -2.13. The van der Waals surface area contributed by atoms with Gasteiger partial charge in [-0.1, -0.05) is 60.7 Å². The summed E-state index contributed by atoms with van der Waals surface area (Å²) < 4.78 is 33.2. The summed E-state index contributed by atoms with van der Waals surface area (Å²) in [6, 6.07) is 26.9. The molecule has 52 heavy (non-hydrogen) atoms. The summed E-state index contributed by atoms with van der Waals surface area (Å²) in [7, 11) is 4.20. The molecule has 2 aromatic heterocycles. The Morgan fingerprint density at radius 1 is 0.769 bits per heavy atom. The van der Waals surface area contributed by atoms with Crippen molar-refractivity contribution in [2.75, 3.05) is 21.3 Å². The number of carboxylic acids is 1. The van der Waals surface area contributed by atoms with Crippen LogP contribution in [-0.2, 0) is 30.4 Å². The van der Waals surface area contributed by atoms with E-state index < -0.39 is 11.9 Å². The molecule has 0 saturated heterocycles. The van der Waals surface area contributed by atoms with Gasteiger partial charge in [0.05, 0.1) is 33.7 Å². The topological polar surface area (TPSA) is 148 Å². The van der Waals surface area contributed by atoms with Gasteiger partial charge in [0.15, 0.2) is 0 Å². The third-order valence-electron chi connectivity index (χ3n) is 7.19. The van der Waals surface area contributed by atoms with Gasteiger partial charge in [0.1, 0.15) is 41.3 Å². The number of hydrogen-bond donors (Lipinski definition) is 1. The highest BCUT2D eigenvalue weighted by Crippen LogP contribution is 2.32. The van der Waals surface area contributed by atoms with Gasteiger partial charge in [0.2, 0.25) is 17.6 Å². The van der Waals surface area contributed by atoms with Gasteiger partial charge in [-0.3, -0.25) is 0 Å². The van der Waals surface area contributed by atoms with Gasteiger partial charge in [-0.15, -0.1) is 0 Å². The van der Waals surface area contributed by atoms with E-state index in [1.165, 1.54) is 33.9 Å². The van der Waals surface area contributed by atoms with Crippen LogP contribution in [0.3, 0.4) is 0 Å². The maximum absolute atomic E-state index is 12.1. The maximum Gasteiger partial charge on any atom is 0.341 e. The van der Waals surface area contributed by atoms with Crippen LogP contribution in [0.25, 0.3) is 11.1 Å².